The van der Waals surface area contributed by atoms with E-state index >= 15 is 0 Å². The molecule has 0 aromatic heterocycles. The van der Waals surface area contributed by atoms with Crippen molar-refractivity contribution in [3.8, 4) is 0 Å². The fraction of sp³-hybridized carbons (Fsp3) is 0.923. The van der Waals surface area contributed by atoms with E-state index < -0.39 is 0 Å². The predicted molar refractivity (Wildman–Crippen MR) is 70.8 cm³/mol. The van der Waals surface area contributed by atoms with Gasteiger partial charge in [0.15, 0.2) is 0 Å². The first kappa shape index (κ1) is 16.4. The molecule has 0 aromatic rings. The summed E-state index contributed by atoms with van der Waals surface area (Å²) in [5, 5.41) is 2.97. The summed E-state index contributed by atoms with van der Waals surface area (Å²) >= 11 is 0. The van der Waals surface area contributed by atoms with Crippen LogP contribution < -0.4 is 11.1 Å². The second-order valence-electron chi connectivity index (χ2n) is 4.57. The van der Waals surface area contributed by atoms with Crippen LogP contribution in [0, 0.1) is 5.92 Å². The smallest absolute Gasteiger partial charge is 0.223 e. The number of carbonyl (C=O) groups excluding carboxylic acids is 1. The number of methoxy groups -OCH3 is 1. The van der Waals surface area contributed by atoms with E-state index in [0.717, 1.165) is 32.1 Å². The summed E-state index contributed by atoms with van der Waals surface area (Å²) in [5.74, 6) is 0.349. The zero-order valence-corrected chi connectivity index (χ0v) is 11.5. The van der Waals surface area contributed by atoms with E-state index in [1.54, 1.807) is 7.11 Å². The van der Waals surface area contributed by atoms with Crippen LogP contribution in [0.3, 0.4) is 0 Å². The fourth-order valence-corrected chi connectivity index (χ4v) is 1.93. The van der Waals surface area contributed by atoms with Crippen molar-refractivity contribution in [2.75, 3.05) is 20.3 Å². The Balaban J connectivity index is 3.80. The quantitative estimate of drug-likeness (QED) is 0.614. The van der Waals surface area contributed by atoms with Gasteiger partial charge in [0.1, 0.15) is 0 Å². The van der Waals surface area contributed by atoms with Crippen LogP contribution in [-0.2, 0) is 9.53 Å². The molecule has 0 spiro atoms. The van der Waals surface area contributed by atoms with Gasteiger partial charge in [-0.3, -0.25) is 4.79 Å². The normalized spacial score (nSPS) is 12.8. The molecule has 0 rings (SSSR count). The molecule has 3 N–H and O–H groups in total. The van der Waals surface area contributed by atoms with Gasteiger partial charge < -0.3 is 15.8 Å². The molecule has 0 aliphatic carbocycles. The third-order valence-electron chi connectivity index (χ3n) is 2.84. The summed E-state index contributed by atoms with van der Waals surface area (Å²) in [5.41, 5.74) is 5.79. The van der Waals surface area contributed by atoms with Crippen molar-refractivity contribution in [3.05, 3.63) is 0 Å². The molecule has 1 atom stereocenters. The van der Waals surface area contributed by atoms with E-state index in [2.05, 4.69) is 19.2 Å². The number of hydrogen-bond acceptors (Lipinski definition) is 3. The number of amides is 1. The van der Waals surface area contributed by atoms with Crippen molar-refractivity contribution in [1.29, 1.82) is 0 Å². The van der Waals surface area contributed by atoms with Crippen LogP contribution in [0.2, 0.25) is 0 Å². The lowest BCUT2D eigenvalue weighted by Crippen LogP contribution is -2.35. The molecule has 1 unspecified atom stereocenters. The summed E-state index contributed by atoms with van der Waals surface area (Å²) in [4.78, 5) is 11.9. The number of nitrogens with one attached hydrogen (secondary N) is 1. The van der Waals surface area contributed by atoms with Gasteiger partial charge in [0, 0.05) is 25.6 Å². The highest BCUT2D eigenvalue weighted by Gasteiger charge is 2.16. The Morgan fingerprint density at radius 2 is 1.82 bits per heavy atom. The third kappa shape index (κ3) is 8.16. The highest BCUT2D eigenvalue weighted by Crippen LogP contribution is 2.13. The number of nitrogens with two attached hydrogens (primary N) is 1. The van der Waals surface area contributed by atoms with Crippen LogP contribution in [-0.4, -0.2) is 32.2 Å². The summed E-state index contributed by atoms with van der Waals surface area (Å²) in [6.45, 7) is 5.42. The molecule has 0 saturated heterocycles. The number of hydrogen-bond donors (Lipinski definition) is 2. The van der Waals surface area contributed by atoms with E-state index in [1.165, 1.54) is 0 Å². The maximum Gasteiger partial charge on any atom is 0.223 e. The molecule has 0 fully saturated rings. The van der Waals surface area contributed by atoms with Crippen LogP contribution in [0.25, 0.3) is 0 Å². The average molecular weight is 244 g/mol. The van der Waals surface area contributed by atoms with Gasteiger partial charge in [-0.2, -0.15) is 0 Å². The highest BCUT2D eigenvalue weighted by molar-refractivity contribution is 5.78. The molecule has 4 heteroatoms. The van der Waals surface area contributed by atoms with Crippen molar-refractivity contribution in [2.45, 2.75) is 52.0 Å². The lowest BCUT2D eigenvalue weighted by atomic mass is 9.97. The Bertz CT molecular complexity index is 192. The Morgan fingerprint density at radius 1 is 1.24 bits per heavy atom. The fourth-order valence-electron chi connectivity index (χ4n) is 1.93. The Hall–Kier alpha value is -0.610. The van der Waals surface area contributed by atoms with Gasteiger partial charge in [0.25, 0.3) is 0 Å². The SMILES string of the molecule is CCCC(CCC)C(=O)NCCC(N)COC. The molecule has 0 aromatic carbocycles. The van der Waals surface area contributed by atoms with E-state index in [0.29, 0.717) is 13.2 Å². The molecule has 0 aliphatic rings. The molecule has 1 amide bonds. The Morgan fingerprint density at radius 3 is 2.29 bits per heavy atom. The van der Waals surface area contributed by atoms with Gasteiger partial charge in [-0.05, 0) is 19.3 Å². The van der Waals surface area contributed by atoms with Crippen molar-refractivity contribution in [2.24, 2.45) is 11.7 Å². The topological polar surface area (TPSA) is 64.4 Å². The minimum atomic E-state index is 0.0103. The van der Waals surface area contributed by atoms with Crippen molar-refractivity contribution >= 4 is 5.91 Å². The molecule has 4 nitrogen and oxygen atoms in total. The molecule has 0 bridgehead atoms. The number of carbonyl (C=O) groups is 1. The Labute approximate surface area is 105 Å². The highest BCUT2D eigenvalue weighted by atomic mass is 16.5. The summed E-state index contributed by atoms with van der Waals surface area (Å²) in [7, 11) is 1.64. The van der Waals surface area contributed by atoms with E-state index in [1.807, 2.05) is 0 Å². The van der Waals surface area contributed by atoms with Gasteiger partial charge in [-0.25, -0.2) is 0 Å². The average Bonchev–Trinajstić information content (AvgIpc) is 2.29. The van der Waals surface area contributed by atoms with E-state index in [9.17, 15) is 4.79 Å². The minimum Gasteiger partial charge on any atom is -0.383 e. The van der Waals surface area contributed by atoms with Crippen molar-refractivity contribution in [3.63, 3.8) is 0 Å². The predicted octanol–water partition coefficient (Wildman–Crippen LogP) is 1.68. The van der Waals surface area contributed by atoms with E-state index in [4.69, 9.17) is 10.5 Å². The zero-order valence-electron chi connectivity index (χ0n) is 11.5. The molecule has 17 heavy (non-hydrogen) atoms. The second kappa shape index (κ2) is 10.5. The van der Waals surface area contributed by atoms with Crippen LogP contribution in [0.1, 0.15) is 46.0 Å². The van der Waals surface area contributed by atoms with Gasteiger partial charge in [0.05, 0.1) is 6.61 Å². The zero-order chi connectivity index (χ0) is 13.1. The maximum absolute atomic E-state index is 11.9. The summed E-state index contributed by atoms with van der Waals surface area (Å²) in [6, 6.07) is 0.0103. The minimum absolute atomic E-state index is 0.0103. The van der Waals surface area contributed by atoms with Crippen LogP contribution in [0.4, 0.5) is 0 Å². The van der Waals surface area contributed by atoms with E-state index in [-0.39, 0.29) is 17.9 Å². The number of rotatable bonds is 10. The van der Waals surface area contributed by atoms with Gasteiger partial charge in [-0.1, -0.05) is 26.7 Å². The molecule has 0 heterocycles. The first-order valence-corrected chi connectivity index (χ1v) is 6.67. The lowest BCUT2D eigenvalue weighted by molar-refractivity contribution is -0.125. The molecule has 0 radical (unpaired) electrons. The van der Waals surface area contributed by atoms with Crippen LogP contribution >= 0.6 is 0 Å². The van der Waals surface area contributed by atoms with Gasteiger partial charge in [0.2, 0.25) is 5.91 Å². The van der Waals surface area contributed by atoms with Crippen LogP contribution in [0.15, 0.2) is 0 Å². The monoisotopic (exact) mass is 244 g/mol. The van der Waals surface area contributed by atoms with Crippen molar-refractivity contribution in [1.82, 2.24) is 5.32 Å². The molecule has 0 saturated carbocycles. The van der Waals surface area contributed by atoms with Crippen LogP contribution in [0.5, 0.6) is 0 Å². The lowest BCUT2D eigenvalue weighted by Gasteiger charge is -2.16. The maximum atomic E-state index is 11.9. The molecular weight excluding hydrogens is 216 g/mol. The second-order valence-corrected chi connectivity index (χ2v) is 4.57. The molecule has 102 valence electrons. The third-order valence-corrected chi connectivity index (χ3v) is 2.84. The number of ether oxygens (including phenoxy) is 1. The van der Waals surface area contributed by atoms with Gasteiger partial charge in [-0.15, -0.1) is 0 Å². The standard InChI is InChI=1S/C13H28N2O2/c1-4-6-11(7-5-2)13(16)15-9-8-12(14)10-17-3/h11-12H,4-10,14H2,1-3H3,(H,15,16). The Kier molecular flexibility index (Phi) is 10.2. The largest absolute Gasteiger partial charge is 0.383 e. The first-order valence-electron chi connectivity index (χ1n) is 6.67. The molecular formula is C13H28N2O2. The molecule has 0 aliphatic heterocycles. The van der Waals surface area contributed by atoms with Gasteiger partial charge >= 0.3 is 0 Å². The first-order chi connectivity index (χ1) is 8.15. The summed E-state index contributed by atoms with van der Waals surface area (Å²) in [6.07, 6.45) is 4.83. The van der Waals surface area contributed by atoms with Crippen molar-refractivity contribution < 1.29 is 9.53 Å². The summed E-state index contributed by atoms with van der Waals surface area (Å²) < 4.78 is 4.95.